The molecule has 0 saturated heterocycles. The molecule has 0 radical (unpaired) electrons. The minimum atomic E-state index is -0.474. The molecular weight excluding hydrogens is 290 g/mol. The Bertz CT molecular complexity index is 354. The monoisotopic (exact) mass is 305 g/mol. The van der Waals surface area contributed by atoms with Crippen molar-refractivity contribution >= 4 is 38.3 Å². The van der Waals surface area contributed by atoms with Crippen LogP contribution in [0.3, 0.4) is 0 Å². The fourth-order valence-electron chi connectivity index (χ4n) is 1.49. The summed E-state index contributed by atoms with van der Waals surface area (Å²) in [6.07, 6.45) is 3.14. The molecule has 16 heavy (non-hydrogen) atoms. The molecule has 1 heterocycles. The summed E-state index contributed by atoms with van der Waals surface area (Å²) in [5.41, 5.74) is 5.23. The van der Waals surface area contributed by atoms with E-state index < -0.39 is 5.41 Å². The number of hydrogen-bond donors (Lipinski definition) is 2. The molecule has 0 spiro atoms. The lowest BCUT2D eigenvalue weighted by Gasteiger charge is -2.27. The zero-order valence-corrected chi connectivity index (χ0v) is 11.8. The molecule has 1 aromatic rings. The van der Waals surface area contributed by atoms with Gasteiger partial charge in [-0.2, -0.15) is 0 Å². The van der Waals surface area contributed by atoms with Crippen LogP contribution in [0.1, 0.15) is 26.7 Å². The molecule has 0 bridgehead atoms. The molecule has 3 N–H and O–H groups in total. The maximum absolute atomic E-state index is 12.1. The zero-order valence-electron chi connectivity index (χ0n) is 9.42. The van der Waals surface area contributed by atoms with Crippen LogP contribution in [0.25, 0.3) is 0 Å². The molecule has 0 aliphatic carbocycles. The van der Waals surface area contributed by atoms with Crippen LogP contribution in [0.5, 0.6) is 0 Å². The predicted molar refractivity (Wildman–Crippen MR) is 70.5 cm³/mol. The Labute approximate surface area is 108 Å². The van der Waals surface area contributed by atoms with Crippen LogP contribution in [0.2, 0.25) is 0 Å². The fourth-order valence-corrected chi connectivity index (χ4v) is 2.60. The van der Waals surface area contributed by atoms with Gasteiger partial charge in [0.2, 0.25) is 5.91 Å². The van der Waals surface area contributed by atoms with Gasteiger partial charge in [0.25, 0.3) is 0 Å². The molecule has 1 rings (SSSR count). The van der Waals surface area contributed by atoms with Crippen molar-refractivity contribution < 1.29 is 4.79 Å². The first-order chi connectivity index (χ1) is 7.57. The van der Waals surface area contributed by atoms with E-state index in [-0.39, 0.29) is 5.91 Å². The molecular formula is C10H16BrN3OS. The summed E-state index contributed by atoms with van der Waals surface area (Å²) in [5, 5.41) is 3.42. The summed E-state index contributed by atoms with van der Waals surface area (Å²) in [4.78, 5) is 16.2. The highest BCUT2D eigenvalue weighted by Crippen LogP contribution is 2.29. The summed E-state index contributed by atoms with van der Waals surface area (Å²) >= 11 is 4.70. The van der Waals surface area contributed by atoms with E-state index in [0.29, 0.717) is 11.7 Å². The predicted octanol–water partition coefficient (Wildman–Crippen LogP) is 2.61. The van der Waals surface area contributed by atoms with Crippen molar-refractivity contribution in [2.75, 3.05) is 11.9 Å². The Morgan fingerprint density at radius 2 is 2.25 bits per heavy atom. The van der Waals surface area contributed by atoms with Crippen LogP contribution in [-0.4, -0.2) is 17.4 Å². The van der Waals surface area contributed by atoms with Crippen molar-refractivity contribution in [3.63, 3.8) is 0 Å². The van der Waals surface area contributed by atoms with Gasteiger partial charge in [0.15, 0.2) is 5.13 Å². The molecule has 1 amide bonds. The average Bonchev–Trinajstić information content (AvgIpc) is 2.67. The van der Waals surface area contributed by atoms with Crippen LogP contribution >= 0.6 is 27.3 Å². The third-order valence-corrected chi connectivity index (χ3v) is 4.32. The number of halogens is 1. The highest BCUT2D eigenvalue weighted by Gasteiger charge is 2.33. The highest BCUT2D eigenvalue weighted by atomic mass is 79.9. The SMILES string of the molecule is CCC(CC)(CN)C(=O)Nc1ncc(Br)s1. The van der Waals surface area contributed by atoms with Crippen molar-refractivity contribution in [1.82, 2.24) is 4.98 Å². The Hall–Kier alpha value is -0.460. The lowest BCUT2D eigenvalue weighted by atomic mass is 9.81. The molecule has 0 saturated carbocycles. The number of carbonyl (C=O) groups excluding carboxylic acids is 1. The number of nitrogens with zero attached hydrogens (tertiary/aromatic N) is 1. The first-order valence-corrected chi connectivity index (χ1v) is 6.81. The van der Waals surface area contributed by atoms with Crippen LogP contribution in [0.4, 0.5) is 5.13 Å². The van der Waals surface area contributed by atoms with Gasteiger partial charge in [-0.25, -0.2) is 4.98 Å². The number of thiazole rings is 1. The van der Waals surface area contributed by atoms with E-state index in [9.17, 15) is 4.79 Å². The standard InChI is InChI=1S/C10H16BrN3OS/c1-3-10(4-2,6-12)8(15)14-9-13-5-7(11)16-9/h5H,3-4,6,12H2,1-2H3,(H,13,14,15). The Kier molecular flexibility index (Phi) is 4.89. The molecule has 1 aromatic heterocycles. The number of carbonyl (C=O) groups is 1. The van der Waals surface area contributed by atoms with Crippen LogP contribution in [-0.2, 0) is 4.79 Å². The van der Waals surface area contributed by atoms with E-state index in [1.165, 1.54) is 11.3 Å². The molecule has 0 aromatic carbocycles. The summed E-state index contributed by atoms with van der Waals surface area (Å²) in [5.74, 6) is -0.0400. The quantitative estimate of drug-likeness (QED) is 0.878. The molecule has 90 valence electrons. The number of amides is 1. The van der Waals surface area contributed by atoms with Gasteiger partial charge in [0, 0.05) is 6.54 Å². The molecule has 0 unspecified atom stereocenters. The van der Waals surface area contributed by atoms with Gasteiger partial charge in [0.05, 0.1) is 15.4 Å². The maximum atomic E-state index is 12.1. The number of nitrogens with two attached hydrogens (primary N) is 1. The summed E-state index contributed by atoms with van der Waals surface area (Å²) in [7, 11) is 0. The highest BCUT2D eigenvalue weighted by molar-refractivity contribution is 9.11. The van der Waals surface area contributed by atoms with Gasteiger partial charge in [0.1, 0.15) is 0 Å². The number of anilines is 1. The lowest BCUT2D eigenvalue weighted by molar-refractivity contribution is -0.125. The summed E-state index contributed by atoms with van der Waals surface area (Å²) in [6.45, 7) is 4.32. The zero-order chi connectivity index (χ0) is 12.2. The van der Waals surface area contributed by atoms with Crippen molar-refractivity contribution in [1.29, 1.82) is 0 Å². The van der Waals surface area contributed by atoms with Crippen molar-refractivity contribution in [2.24, 2.45) is 11.1 Å². The Morgan fingerprint density at radius 1 is 1.62 bits per heavy atom. The first-order valence-electron chi connectivity index (χ1n) is 5.20. The number of nitrogens with one attached hydrogen (secondary N) is 1. The first kappa shape index (κ1) is 13.6. The van der Waals surface area contributed by atoms with Gasteiger partial charge in [-0.05, 0) is 28.8 Å². The van der Waals surface area contributed by atoms with E-state index in [1.807, 2.05) is 13.8 Å². The van der Waals surface area contributed by atoms with E-state index in [4.69, 9.17) is 5.73 Å². The van der Waals surface area contributed by atoms with E-state index >= 15 is 0 Å². The van der Waals surface area contributed by atoms with Crippen LogP contribution in [0, 0.1) is 5.41 Å². The van der Waals surface area contributed by atoms with Gasteiger partial charge in [-0.3, -0.25) is 4.79 Å². The second-order valence-corrected chi connectivity index (χ2v) is 6.03. The summed E-state index contributed by atoms with van der Waals surface area (Å²) in [6, 6.07) is 0. The Morgan fingerprint density at radius 3 is 2.62 bits per heavy atom. The molecule has 6 heteroatoms. The molecule has 0 aliphatic rings. The minimum absolute atomic E-state index is 0.0400. The fraction of sp³-hybridized carbons (Fsp3) is 0.600. The van der Waals surface area contributed by atoms with Crippen molar-refractivity contribution in [2.45, 2.75) is 26.7 Å². The van der Waals surface area contributed by atoms with Gasteiger partial charge in [-0.1, -0.05) is 25.2 Å². The maximum Gasteiger partial charge on any atom is 0.233 e. The lowest BCUT2D eigenvalue weighted by Crippen LogP contribution is -2.41. The van der Waals surface area contributed by atoms with Gasteiger partial charge < -0.3 is 11.1 Å². The molecule has 4 nitrogen and oxygen atoms in total. The number of hydrogen-bond acceptors (Lipinski definition) is 4. The Balaban J connectivity index is 2.77. The summed E-state index contributed by atoms with van der Waals surface area (Å²) < 4.78 is 0.897. The normalized spacial score (nSPS) is 11.5. The molecule has 0 aliphatic heterocycles. The van der Waals surface area contributed by atoms with Crippen LogP contribution in [0.15, 0.2) is 9.98 Å². The minimum Gasteiger partial charge on any atom is -0.329 e. The largest absolute Gasteiger partial charge is 0.329 e. The van der Waals surface area contributed by atoms with E-state index in [0.717, 1.165) is 16.6 Å². The van der Waals surface area contributed by atoms with E-state index in [2.05, 4.69) is 26.2 Å². The van der Waals surface area contributed by atoms with Crippen molar-refractivity contribution in [3.05, 3.63) is 9.98 Å². The second-order valence-electron chi connectivity index (χ2n) is 3.62. The van der Waals surface area contributed by atoms with Gasteiger partial charge in [-0.15, -0.1) is 0 Å². The van der Waals surface area contributed by atoms with Crippen molar-refractivity contribution in [3.8, 4) is 0 Å². The number of aromatic nitrogens is 1. The third-order valence-electron chi connectivity index (χ3n) is 2.92. The van der Waals surface area contributed by atoms with Gasteiger partial charge >= 0.3 is 0 Å². The molecule has 0 atom stereocenters. The average molecular weight is 306 g/mol. The second kappa shape index (κ2) is 5.75. The molecule has 0 fully saturated rings. The topological polar surface area (TPSA) is 68.0 Å². The third kappa shape index (κ3) is 2.81. The van der Waals surface area contributed by atoms with Crippen LogP contribution < -0.4 is 11.1 Å². The smallest absolute Gasteiger partial charge is 0.233 e. The van der Waals surface area contributed by atoms with E-state index in [1.54, 1.807) is 6.20 Å². The number of rotatable bonds is 5.